The second-order valence-electron chi connectivity index (χ2n) is 5.20. The Balaban J connectivity index is 2.32. The number of aryl methyl sites for hydroxylation is 1. The summed E-state index contributed by atoms with van der Waals surface area (Å²) >= 11 is 0. The molecule has 18 heavy (non-hydrogen) atoms. The molecule has 2 rings (SSSR count). The zero-order valence-electron chi connectivity index (χ0n) is 11.1. The Labute approximate surface area is 108 Å². The molecule has 1 fully saturated rings. The summed E-state index contributed by atoms with van der Waals surface area (Å²) in [4.78, 5) is 11.8. The summed E-state index contributed by atoms with van der Waals surface area (Å²) in [5.74, 6) is -0.777. The lowest BCUT2D eigenvalue weighted by Gasteiger charge is -2.38. The Morgan fingerprint density at radius 3 is 2.39 bits per heavy atom. The molecule has 0 bridgehead atoms. The molecule has 1 aliphatic rings. The molecule has 1 atom stereocenters. The van der Waals surface area contributed by atoms with Crippen molar-refractivity contribution in [3.8, 4) is 0 Å². The number of rotatable bonds is 5. The van der Waals surface area contributed by atoms with E-state index in [1.54, 1.807) is 0 Å². The Morgan fingerprint density at radius 2 is 2.00 bits per heavy atom. The molecule has 0 aromatic heterocycles. The summed E-state index contributed by atoms with van der Waals surface area (Å²) in [6.45, 7) is 3.94. The van der Waals surface area contributed by atoms with Gasteiger partial charge in [0.2, 0.25) is 0 Å². The molecule has 1 aromatic carbocycles. The van der Waals surface area contributed by atoms with E-state index < -0.39 is 11.5 Å². The molecular weight excluding hydrogens is 226 g/mol. The summed E-state index contributed by atoms with van der Waals surface area (Å²) in [5.41, 5.74) is 1.08. The zero-order valence-corrected chi connectivity index (χ0v) is 11.1. The maximum atomic E-state index is 11.8. The van der Waals surface area contributed by atoms with Gasteiger partial charge in [-0.1, -0.05) is 43.2 Å². The SMILES string of the molecule is CCC(NC1CCC1)(C(=O)O)c1ccc(C)cc1. The minimum atomic E-state index is -0.932. The highest BCUT2D eigenvalue weighted by Gasteiger charge is 2.41. The number of carbonyl (C=O) groups is 1. The largest absolute Gasteiger partial charge is 0.480 e. The van der Waals surface area contributed by atoms with Crippen LogP contribution in [0, 0.1) is 6.92 Å². The molecule has 1 aliphatic carbocycles. The molecule has 0 heterocycles. The van der Waals surface area contributed by atoms with Crippen LogP contribution < -0.4 is 5.32 Å². The lowest BCUT2D eigenvalue weighted by Crippen LogP contribution is -2.55. The lowest BCUT2D eigenvalue weighted by atomic mass is 9.82. The van der Waals surface area contributed by atoms with Crippen molar-refractivity contribution >= 4 is 5.97 Å². The van der Waals surface area contributed by atoms with Crippen molar-refractivity contribution < 1.29 is 9.90 Å². The van der Waals surface area contributed by atoms with Crippen LogP contribution in [0.2, 0.25) is 0 Å². The number of nitrogens with one attached hydrogen (secondary N) is 1. The van der Waals surface area contributed by atoms with Crippen LogP contribution in [0.3, 0.4) is 0 Å². The molecule has 2 N–H and O–H groups in total. The monoisotopic (exact) mass is 247 g/mol. The Kier molecular flexibility index (Phi) is 3.71. The minimum absolute atomic E-state index is 0.349. The predicted molar refractivity (Wildman–Crippen MR) is 71.6 cm³/mol. The van der Waals surface area contributed by atoms with Crippen molar-refractivity contribution in [1.29, 1.82) is 0 Å². The molecule has 0 radical (unpaired) electrons. The van der Waals surface area contributed by atoms with E-state index in [4.69, 9.17) is 0 Å². The molecule has 1 aromatic rings. The van der Waals surface area contributed by atoms with Crippen molar-refractivity contribution in [2.75, 3.05) is 0 Å². The highest BCUT2D eigenvalue weighted by molar-refractivity contribution is 5.80. The topological polar surface area (TPSA) is 49.3 Å². The van der Waals surface area contributed by atoms with Crippen LogP contribution in [0.4, 0.5) is 0 Å². The summed E-state index contributed by atoms with van der Waals surface area (Å²) in [6, 6.07) is 8.16. The third kappa shape index (κ3) is 2.27. The second kappa shape index (κ2) is 5.11. The second-order valence-corrected chi connectivity index (χ2v) is 5.20. The van der Waals surface area contributed by atoms with E-state index >= 15 is 0 Å². The highest BCUT2D eigenvalue weighted by Crippen LogP contribution is 2.30. The number of hydrogen-bond donors (Lipinski definition) is 2. The van der Waals surface area contributed by atoms with Gasteiger partial charge in [-0.05, 0) is 31.7 Å². The maximum Gasteiger partial charge on any atom is 0.328 e. The molecule has 1 unspecified atom stereocenters. The molecule has 1 saturated carbocycles. The zero-order chi connectivity index (χ0) is 13.2. The van der Waals surface area contributed by atoms with Gasteiger partial charge in [0.25, 0.3) is 0 Å². The van der Waals surface area contributed by atoms with Gasteiger partial charge in [-0.25, -0.2) is 4.79 Å². The van der Waals surface area contributed by atoms with Crippen LogP contribution in [0.5, 0.6) is 0 Å². The standard InChI is InChI=1S/C15H21NO2/c1-3-15(14(17)18,16-13-5-4-6-13)12-9-7-11(2)8-10-12/h7-10,13,16H,3-6H2,1-2H3,(H,17,18). The number of carboxylic acid groups (broad SMARTS) is 1. The molecule has 0 aliphatic heterocycles. The van der Waals surface area contributed by atoms with E-state index in [1.807, 2.05) is 38.1 Å². The van der Waals surface area contributed by atoms with E-state index in [0.29, 0.717) is 12.5 Å². The van der Waals surface area contributed by atoms with Crippen LogP contribution in [0.15, 0.2) is 24.3 Å². The summed E-state index contributed by atoms with van der Waals surface area (Å²) < 4.78 is 0. The van der Waals surface area contributed by atoms with E-state index in [0.717, 1.165) is 24.0 Å². The fraction of sp³-hybridized carbons (Fsp3) is 0.533. The Hall–Kier alpha value is -1.35. The Bertz CT molecular complexity index is 423. The van der Waals surface area contributed by atoms with Gasteiger partial charge in [0.1, 0.15) is 5.54 Å². The van der Waals surface area contributed by atoms with Crippen molar-refractivity contribution in [1.82, 2.24) is 5.32 Å². The van der Waals surface area contributed by atoms with Crippen LogP contribution in [0.25, 0.3) is 0 Å². The van der Waals surface area contributed by atoms with Crippen molar-refractivity contribution in [2.45, 2.75) is 51.1 Å². The Morgan fingerprint density at radius 1 is 1.39 bits per heavy atom. The van der Waals surface area contributed by atoms with Crippen molar-refractivity contribution in [2.24, 2.45) is 0 Å². The summed E-state index contributed by atoms with van der Waals surface area (Å²) in [5, 5.41) is 13.0. The molecule has 0 spiro atoms. The average Bonchev–Trinajstić information content (AvgIpc) is 2.30. The van der Waals surface area contributed by atoms with Gasteiger partial charge in [0.15, 0.2) is 0 Å². The van der Waals surface area contributed by atoms with Gasteiger partial charge in [0.05, 0.1) is 0 Å². The number of benzene rings is 1. The normalized spacial score (nSPS) is 19.0. The fourth-order valence-electron chi connectivity index (χ4n) is 2.47. The van der Waals surface area contributed by atoms with Gasteiger partial charge in [-0.2, -0.15) is 0 Å². The van der Waals surface area contributed by atoms with Gasteiger partial charge in [-0.15, -0.1) is 0 Å². The van der Waals surface area contributed by atoms with Crippen LogP contribution in [-0.2, 0) is 10.3 Å². The first kappa shape index (κ1) is 13.1. The quantitative estimate of drug-likeness (QED) is 0.841. The fourth-order valence-corrected chi connectivity index (χ4v) is 2.47. The third-order valence-electron chi connectivity index (χ3n) is 4.00. The van der Waals surface area contributed by atoms with Crippen molar-refractivity contribution in [3.05, 3.63) is 35.4 Å². The summed E-state index contributed by atoms with van der Waals surface area (Å²) in [7, 11) is 0. The first-order chi connectivity index (χ1) is 8.58. The number of aliphatic carboxylic acids is 1. The van der Waals surface area contributed by atoms with E-state index in [1.165, 1.54) is 6.42 Å². The number of hydrogen-bond acceptors (Lipinski definition) is 2. The summed E-state index contributed by atoms with van der Waals surface area (Å²) in [6.07, 6.45) is 3.93. The highest BCUT2D eigenvalue weighted by atomic mass is 16.4. The van der Waals surface area contributed by atoms with E-state index in [2.05, 4.69) is 5.32 Å². The smallest absolute Gasteiger partial charge is 0.328 e. The van der Waals surface area contributed by atoms with Crippen molar-refractivity contribution in [3.63, 3.8) is 0 Å². The van der Waals surface area contributed by atoms with E-state index in [9.17, 15) is 9.90 Å². The lowest BCUT2D eigenvalue weighted by molar-refractivity contribution is -0.146. The predicted octanol–water partition coefficient (Wildman–Crippen LogP) is 2.83. The van der Waals surface area contributed by atoms with Crippen LogP contribution in [0.1, 0.15) is 43.7 Å². The minimum Gasteiger partial charge on any atom is -0.480 e. The van der Waals surface area contributed by atoms with Gasteiger partial charge < -0.3 is 5.11 Å². The van der Waals surface area contributed by atoms with Gasteiger partial charge in [0, 0.05) is 6.04 Å². The molecule has 3 heteroatoms. The van der Waals surface area contributed by atoms with Gasteiger partial charge in [-0.3, -0.25) is 5.32 Å². The molecular formula is C15H21NO2. The van der Waals surface area contributed by atoms with Gasteiger partial charge >= 0.3 is 5.97 Å². The molecule has 0 saturated heterocycles. The first-order valence-electron chi connectivity index (χ1n) is 6.66. The third-order valence-corrected chi connectivity index (χ3v) is 4.00. The maximum absolute atomic E-state index is 11.8. The van der Waals surface area contributed by atoms with Crippen LogP contribution >= 0.6 is 0 Å². The molecule has 0 amide bonds. The molecule has 3 nitrogen and oxygen atoms in total. The first-order valence-corrected chi connectivity index (χ1v) is 6.66. The molecule has 98 valence electrons. The average molecular weight is 247 g/mol. The van der Waals surface area contributed by atoms with E-state index in [-0.39, 0.29) is 0 Å². The van der Waals surface area contributed by atoms with Crippen LogP contribution in [-0.4, -0.2) is 17.1 Å². The number of carboxylic acids is 1.